The summed E-state index contributed by atoms with van der Waals surface area (Å²) in [4.78, 5) is 19.0. The summed E-state index contributed by atoms with van der Waals surface area (Å²) in [6, 6.07) is 16.0. The van der Waals surface area contributed by atoms with Crippen LogP contribution in [0.1, 0.15) is 23.7 Å². The Morgan fingerprint density at radius 1 is 1.19 bits per heavy atom. The molecule has 1 aromatic heterocycles. The summed E-state index contributed by atoms with van der Waals surface area (Å²) in [6.45, 7) is 5.73. The molecule has 0 spiro atoms. The van der Waals surface area contributed by atoms with Crippen molar-refractivity contribution in [1.82, 2.24) is 14.5 Å². The van der Waals surface area contributed by atoms with Crippen molar-refractivity contribution in [3.8, 4) is 0 Å². The molecule has 1 amide bonds. The Kier molecular flexibility index (Phi) is 4.51. The molecule has 0 aliphatic carbocycles. The van der Waals surface area contributed by atoms with Gasteiger partial charge in [-0.15, -0.1) is 6.58 Å². The third kappa shape index (κ3) is 3.13. The number of hydrogen-bond donors (Lipinski definition) is 0. The van der Waals surface area contributed by atoms with Crippen LogP contribution in [-0.4, -0.2) is 33.4 Å². The molecular weight excluding hydrogens is 346 g/mol. The van der Waals surface area contributed by atoms with Crippen molar-refractivity contribution >= 4 is 28.5 Å². The third-order valence-electron chi connectivity index (χ3n) is 4.87. The zero-order chi connectivity index (χ0) is 18.1. The van der Waals surface area contributed by atoms with Crippen LogP contribution in [0.2, 0.25) is 5.02 Å². The van der Waals surface area contributed by atoms with Gasteiger partial charge in [-0.25, -0.2) is 4.98 Å². The summed E-state index contributed by atoms with van der Waals surface area (Å²) in [5.41, 5.74) is 3.21. The van der Waals surface area contributed by atoms with E-state index in [1.165, 1.54) is 0 Å². The molecule has 1 aliphatic rings. The molecule has 1 aliphatic heterocycles. The molecule has 4 rings (SSSR count). The lowest BCUT2D eigenvalue weighted by molar-refractivity contribution is -0.127. The van der Waals surface area contributed by atoms with Crippen molar-refractivity contribution in [1.29, 1.82) is 0 Å². The number of carbonyl (C=O) groups excluding carboxylic acids is 1. The predicted molar refractivity (Wildman–Crippen MR) is 104 cm³/mol. The molecule has 2 aromatic carbocycles. The van der Waals surface area contributed by atoms with Crippen molar-refractivity contribution in [3.05, 3.63) is 77.6 Å². The number of amides is 1. The first-order valence-electron chi connectivity index (χ1n) is 8.74. The van der Waals surface area contributed by atoms with Gasteiger partial charge >= 0.3 is 0 Å². The number of hydrogen-bond acceptors (Lipinski definition) is 2. The number of benzene rings is 2. The van der Waals surface area contributed by atoms with Crippen LogP contribution in [-0.2, 0) is 11.3 Å². The van der Waals surface area contributed by atoms with E-state index >= 15 is 0 Å². The van der Waals surface area contributed by atoms with Crippen LogP contribution >= 0.6 is 11.6 Å². The van der Waals surface area contributed by atoms with Crippen LogP contribution in [0, 0.1) is 0 Å². The maximum atomic E-state index is 12.3. The molecule has 4 nitrogen and oxygen atoms in total. The molecule has 1 fully saturated rings. The topological polar surface area (TPSA) is 38.1 Å². The summed E-state index contributed by atoms with van der Waals surface area (Å²) in [5.74, 6) is 1.24. The zero-order valence-electron chi connectivity index (χ0n) is 14.4. The first-order valence-corrected chi connectivity index (χ1v) is 9.12. The average Bonchev–Trinajstić information content (AvgIpc) is 3.18. The lowest BCUT2D eigenvalue weighted by atomic mass is 10.1. The second-order valence-electron chi connectivity index (χ2n) is 6.66. The largest absolute Gasteiger partial charge is 0.338 e. The third-order valence-corrected chi connectivity index (χ3v) is 5.12. The molecule has 5 heteroatoms. The van der Waals surface area contributed by atoms with Gasteiger partial charge in [0.15, 0.2) is 0 Å². The Hall–Kier alpha value is -2.59. The quantitative estimate of drug-likeness (QED) is 0.634. The highest BCUT2D eigenvalue weighted by atomic mass is 35.5. The smallest absolute Gasteiger partial charge is 0.223 e. The molecule has 0 saturated carbocycles. The molecule has 2 heterocycles. The monoisotopic (exact) mass is 365 g/mol. The maximum Gasteiger partial charge on any atom is 0.223 e. The van der Waals surface area contributed by atoms with Gasteiger partial charge in [0.25, 0.3) is 0 Å². The SMILES string of the molecule is C=CCN1CC(c2nc3ccccc3n2Cc2ccc(Cl)cc2)CC1=O. The zero-order valence-corrected chi connectivity index (χ0v) is 15.2. The minimum Gasteiger partial charge on any atom is -0.338 e. The molecule has 0 bridgehead atoms. The van der Waals surface area contributed by atoms with Gasteiger partial charge in [-0.3, -0.25) is 4.79 Å². The first-order chi connectivity index (χ1) is 12.7. The second-order valence-corrected chi connectivity index (χ2v) is 7.10. The number of nitrogens with zero attached hydrogens (tertiary/aromatic N) is 3. The van der Waals surface area contributed by atoms with E-state index in [9.17, 15) is 4.79 Å². The number of rotatable bonds is 5. The molecule has 3 aromatic rings. The van der Waals surface area contributed by atoms with Crippen molar-refractivity contribution < 1.29 is 4.79 Å². The molecule has 1 saturated heterocycles. The fourth-order valence-corrected chi connectivity index (χ4v) is 3.75. The van der Waals surface area contributed by atoms with E-state index in [4.69, 9.17) is 16.6 Å². The van der Waals surface area contributed by atoms with Gasteiger partial charge in [0.2, 0.25) is 5.91 Å². The number of halogens is 1. The number of aromatic nitrogens is 2. The number of para-hydroxylation sites is 2. The van der Waals surface area contributed by atoms with Crippen LogP contribution in [0.4, 0.5) is 0 Å². The van der Waals surface area contributed by atoms with Gasteiger partial charge in [0, 0.05) is 37.0 Å². The van der Waals surface area contributed by atoms with Gasteiger partial charge in [-0.1, -0.05) is 41.9 Å². The van der Waals surface area contributed by atoms with E-state index in [-0.39, 0.29) is 11.8 Å². The Morgan fingerprint density at radius 2 is 1.96 bits per heavy atom. The van der Waals surface area contributed by atoms with E-state index in [0.717, 1.165) is 27.4 Å². The molecule has 0 N–H and O–H groups in total. The van der Waals surface area contributed by atoms with E-state index in [0.29, 0.717) is 26.1 Å². The van der Waals surface area contributed by atoms with Crippen LogP contribution in [0.25, 0.3) is 11.0 Å². The van der Waals surface area contributed by atoms with Crippen LogP contribution in [0.15, 0.2) is 61.2 Å². The molecule has 0 radical (unpaired) electrons. The lowest BCUT2D eigenvalue weighted by Gasteiger charge is -2.16. The van der Waals surface area contributed by atoms with Crippen LogP contribution in [0.3, 0.4) is 0 Å². The summed E-state index contributed by atoms with van der Waals surface area (Å²) in [6.07, 6.45) is 2.27. The van der Waals surface area contributed by atoms with Crippen molar-refractivity contribution in [2.75, 3.05) is 13.1 Å². The van der Waals surface area contributed by atoms with Gasteiger partial charge < -0.3 is 9.47 Å². The fraction of sp³-hybridized carbons (Fsp3) is 0.238. The Morgan fingerprint density at radius 3 is 2.73 bits per heavy atom. The summed E-state index contributed by atoms with van der Waals surface area (Å²) < 4.78 is 2.23. The number of fused-ring (bicyclic) bond motifs is 1. The van der Waals surface area contributed by atoms with Gasteiger partial charge in [0.05, 0.1) is 11.0 Å². The number of likely N-dealkylation sites (tertiary alicyclic amines) is 1. The predicted octanol–water partition coefficient (Wildman–Crippen LogP) is 4.24. The Bertz CT molecular complexity index is 961. The van der Waals surface area contributed by atoms with Crippen LogP contribution < -0.4 is 0 Å². The number of imidazole rings is 1. The van der Waals surface area contributed by atoms with Crippen molar-refractivity contribution in [2.24, 2.45) is 0 Å². The molecule has 132 valence electrons. The van der Waals surface area contributed by atoms with Crippen LogP contribution in [0.5, 0.6) is 0 Å². The maximum absolute atomic E-state index is 12.3. The molecular formula is C21H20ClN3O. The summed E-state index contributed by atoms with van der Waals surface area (Å²) >= 11 is 6.02. The van der Waals surface area contributed by atoms with E-state index in [2.05, 4.69) is 17.2 Å². The van der Waals surface area contributed by atoms with Crippen molar-refractivity contribution in [2.45, 2.75) is 18.9 Å². The Balaban J connectivity index is 1.73. The molecule has 26 heavy (non-hydrogen) atoms. The van der Waals surface area contributed by atoms with Gasteiger partial charge in [-0.05, 0) is 29.8 Å². The second kappa shape index (κ2) is 6.96. The normalized spacial score (nSPS) is 17.2. The van der Waals surface area contributed by atoms with Crippen molar-refractivity contribution in [3.63, 3.8) is 0 Å². The van der Waals surface area contributed by atoms with Gasteiger partial charge in [0.1, 0.15) is 5.82 Å². The minimum absolute atomic E-state index is 0.0992. The van der Waals surface area contributed by atoms with E-state index in [1.807, 2.05) is 47.4 Å². The minimum atomic E-state index is 0.0992. The standard InChI is InChI=1S/C21H20ClN3O/c1-2-11-24-14-16(12-20(24)26)21-23-18-5-3-4-6-19(18)25(21)13-15-7-9-17(22)10-8-15/h2-10,16H,1,11-14H2. The first kappa shape index (κ1) is 16.9. The van der Waals surface area contributed by atoms with E-state index in [1.54, 1.807) is 6.08 Å². The summed E-state index contributed by atoms with van der Waals surface area (Å²) in [5, 5.41) is 0.728. The molecule has 1 unspecified atom stereocenters. The highest BCUT2D eigenvalue weighted by Gasteiger charge is 2.33. The lowest BCUT2D eigenvalue weighted by Crippen LogP contribution is -2.25. The van der Waals surface area contributed by atoms with E-state index < -0.39 is 0 Å². The Labute approximate surface area is 157 Å². The fourth-order valence-electron chi connectivity index (χ4n) is 3.62. The summed E-state index contributed by atoms with van der Waals surface area (Å²) in [7, 11) is 0. The van der Waals surface area contributed by atoms with Gasteiger partial charge in [-0.2, -0.15) is 0 Å². The highest BCUT2D eigenvalue weighted by Crippen LogP contribution is 2.31. The highest BCUT2D eigenvalue weighted by molar-refractivity contribution is 6.30. The molecule has 1 atom stereocenters. The number of carbonyl (C=O) groups is 1. The average molecular weight is 366 g/mol.